The van der Waals surface area contributed by atoms with Crippen molar-refractivity contribution in [3.63, 3.8) is 0 Å². The van der Waals surface area contributed by atoms with Crippen LogP contribution in [-0.4, -0.2) is 36.7 Å². The van der Waals surface area contributed by atoms with Crippen molar-refractivity contribution in [1.82, 2.24) is 14.6 Å². The molecular weight excluding hydrogens is 328 g/mol. The van der Waals surface area contributed by atoms with Gasteiger partial charge in [0, 0.05) is 30.6 Å². The zero-order valence-corrected chi connectivity index (χ0v) is 14.0. The number of nitrogens with zero attached hydrogens (tertiary/aromatic N) is 2. The molecule has 1 amide bonds. The average Bonchev–Trinajstić information content (AvgIpc) is 2.59. The van der Waals surface area contributed by atoms with Gasteiger partial charge in [-0.05, 0) is 24.3 Å². The van der Waals surface area contributed by atoms with E-state index in [1.807, 2.05) is 30.3 Å². The summed E-state index contributed by atoms with van der Waals surface area (Å²) >= 11 is 0. The number of hydrogen-bond acceptors (Lipinski definition) is 4. The minimum atomic E-state index is -3.66. The molecule has 1 aliphatic heterocycles. The summed E-state index contributed by atoms with van der Waals surface area (Å²) in [5.74, 6) is -0.267. The first-order valence-corrected chi connectivity index (χ1v) is 9.33. The lowest BCUT2D eigenvalue weighted by molar-refractivity contribution is -0.126. The van der Waals surface area contributed by atoms with Gasteiger partial charge < -0.3 is 5.32 Å². The van der Waals surface area contributed by atoms with E-state index in [1.54, 1.807) is 6.20 Å². The number of aromatic nitrogens is 1. The first-order chi connectivity index (χ1) is 11.4. The van der Waals surface area contributed by atoms with E-state index in [4.69, 9.17) is 5.14 Å². The summed E-state index contributed by atoms with van der Waals surface area (Å²) in [5, 5.41) is 10.1. The third-order valence-corrected chi connectivity index (χ3v) is 5.46. The second-order valence-corrected chi connectivity index (χ2v) is 7.46. The Morgan fingerprint density at radius 3 is 2.67 bits per heavy atom. The Kier molecular flexibility index (Phi) is 4.79. The molecule has 2 heterocycles. The molecule has 1 aliphatic rings. The van der Waals surface area contributed by atoms with Crippen LogP contribution in [0.4, 0.5) is 0 Å². The fourth-order valence-corrected chi connectivity index (χ4v) is 3.73. The zero-order valence-electron chi connectivity index (χ0n) is 13.2. The van der Waals surface area contributed by atoms with Crippen LogP contribution < -0.4 is 10.5 Å². The Labute approximate surface area is 141 Å². The molecule has 1 saturated heterocycles. The Bertz CT molecular complexity index is 840. The molecule has 8 heteroatoms. The maximum Gasteiger partial charge on any atom is 0.276 e. The van der Waals surface area contributed by atoms with Gasteiger partial charge in [-0.15, -0.1) is 0 Å². The molecule has 7 nitrogen and oxygen atoms in total. The van der Waals surface area contributed by atoms with Gasteiger partial charge in [-0.25, -0.2) is 5.14 Å². The highest BCUT2D eigenvalue weighted by Crippen LogP contribution is 2.20. The second kappa shape index (κ2) is 6.84. The Morgan fingerprint density at radius 1 is 1.25 bits per heavy atom. The Hall–Kier alpha value is -2.03. The van der Waals surface area contributed by atoms with Gasteiger partial charge in [0.05, 0.1) is 12.2 Å². The van der Waals surface area contributed by atoms with E-state index in [-0.39, 0.29) is 24.9 Å². The number of hydrogen-bond donors (Lipinski definition) is 2. The van der Waals surface area contributed by atoms with Crippen molar-refractivity contribution in [2.24, 2.45) is 11.1 Å². The van der Waals surface area contributed by atoms with Gasteiger partial charge in [0.25, 0.3) is 10.2 Å². The normalized spacial score (nSPS) is 17.0. The first kappa shape index (κ1) is 16.8. The lowest BCUT2D eigenvalue weighted by Gasteiger charge is -2.29. The van der Waals surface area contributed by atoms with Crippen molar-refractivity contribution >= 4 is 26.9 Å². The molecule has 0 radical (unpaired) electrons. The fraction of sp³-hybridized carbons (Fsp3) is 0.375. The predicted octanol–water partition coefficient (Wildman–Crippen LogP) is 0.767. The van der Waals surface area contributed by atoms with E-state index in [0.29, 0.717) is 19.4 Å². The zero-order chi connectivity index (χ0) is 17.2. The maximum absolute atomic E-state index is 12.3. The summed E-state index contributed by atoms with van der Waals surface area (Å²) in [7, 11) is -3.66. The topological polar surface area (TPSA) is 105 Å². The second-order valence-electron chi connectivity index (χ2n) is 5.91. The van der Waals surface area contributed by atoms with Gasteiger partial charge >= 0.3 is 0 Å². The molecule has 24 heavy (non-hydrogen) atoms. The first-order valence-electron chi connectivity index (χ1n) is 7.83. The number of carbonyl (C=O) groups excluding carboxylic acids is 1. The highest BCUT2D eigenvalue weighted by molar-refractivity contribution is 7.86. The van der Waals surface area contributed by atoms with Gasteiger partial charge in [0.2, 0.25) is 5.91 Å². The number of pyridine rings is 1. The molecule has 0 saturated carbocycles. The summed E-state index contributed by atoms with van der Waals surface area (Å²) in [6.45, 7) is 0.919. The summed E-state index contributed by atoms with van der Waals surface area (Å²) in [5.41, 5.74) is 0.823. The van der Waals surface area contributed by atoms with Crippen LogP contribution in [-0.2, 0) is 21.5 Å². The molecular formula is C16H20N4O3S. The number of nitrogens with one attached hydrogen (secondary N) is 1. The molecule has 1 fully saturated rings. The molecule has 1 aromatic heterocycles. The smallest absolute Gasteiger partial charge is 0.276 e. The highest BCUT2D eigenvalue weighted by atomic mass is 32.2. The molecule has 0 unspecified atom stereocenters. The lowest BCUT2D eigenvalue weighted by Crippen LogP contribution is -2.45. The van der Waals surface area contributed by atoms with Gasteiger partial charge in [0.1, 0.15) is 0 Å². The van der Waals surface area contributed by atoms with Crippen molar-refractivity contribution in [3.8, 4) is 0 Å². The van der Waals surface area contributed by atoms with E-state index < -0.39 is 10.2 Å². The van der Waals surface area contributed by atoms with Crippen LogP contribution in [0, 0.1) is 5.92 Å². The Morgan fingerprint density at radius 2 is 1.96 bits per heavy atom. The van der Waals surface area contributed by atoms with Crippen LogP contribution in [0.3, 0.4) is 0 Å². The molecule has 128 valence electrons. The molecule has 0 aliphatic carbocycles. The summed E-state index contributed by atoms with van der Waals surface area (Å²) in [6.07, 6.45) is 2.69. The van der Waals surface area contributed by atoms with E-state index in [1.165, 1.54) is 4.31 Å². The van der Waals surface area contributed by atoms with Crippen LogP contribution in [0.25, 0.3) is 10.8 Å². The number of rotatable bonds is 4. The predicted molar refractivity (Wildman–Crippen MR) is 91.0 cm³/mol. The number of nitrogens with two attached hydrogens (primary N) is 1. The molecule has 0 bridgehead atoms. The standard InChI is InChI=1S/C16H20N4O3S/c17-24(22,23)20-9-6-13(7-10-20)16(21)19-11-15-14-4-2-1-3-12(14)5-8-18-15/h1-5,8,13H,6-7,9-11H2,(H,19,21)(H2,17,22,23). The van der Waals surface area contributed by atoms with Crippen LogP contribution >= 0.6 is 0 Å². The SMILES string of the molecule is NS(=O)(=O)N1CCC(C(=O)NCc2nccc3ccccc23)CC1. The number of carbonyl (C=O) groups is 1. The van der Waals surface area contributed by atoms with Crippen LogP contribution in [0.15, 0.2) is 36.5 Å². The molecule has 1 aromatic carbocycles. The lowest BCUT2D eigenvalue weighted by atomic mass is 9.97. The molecule has 3 rings (SSSR count). The number of piperidine rings is 1. The monoisotopic (exact) mass is 348 g/mol. The van der Waals surface area contributed by atoms with Gasteiger partial charge in [-0.3, -0.25) is 9.78 Å². The quantitative estimate of drug-likeness (QED) is 0.851. The summed E-state index contributed by atoms with van der Waals surface area (Å²) < 4.78 is 23.8. The van der Waals surface area contributed by atoms with E-state index in [9.17, 15) is 13.2 Å². The largest absolute Gasteiger partial charge is 0.350 e. The Balaban J connectivity index is 1.60. The maximum atomic E-state index is 12.3. The van der Waals surface area contributed by atoms with Crippen molar-refractivity contribution in [2.45, 2.75) is 19.4 Å². The molecule has 2 aromatic rings. The van der Waals surface area contributed by atoms with E-state index in [2.05, 4.69) is 10.3 Å². The minimum Gasteiger partial charge on any atom is -0.350 e. The number of fused-ring (bicyclic) bond motifs is 1. The third kappa shape index (κ3) is 3.72. The van der Waals surface area contributed by atoms with Crippen LogP contribution in [0.5, 0.6) is 0 Å². The van der Waals surface area contributed by atoms with E-state index >= 15 is 0 Å². The fourth-order valence-electron chi connectivity index (χ4n) is 3.01. The van der Waals surface area contributed by atoms with Gasteiger partial charge in [0.15, 0.2) is 0 Å². The summed E-state index contributed by atoms with van der Waals surface area (Å²) in [4.78, 5) is 16.7. The van der Waals surface area contributed by atoms with Crippen LogP contribution in [0.1, 0.15) is 18.5 Å². The van der Waals surface area contributed by atoms with Gasteiger partial charge in [-0.2, -0.15) is 12.7 Å². The number of amides is 1. The highest BCUT2D eigenvalue weighted by Gasteiger charge is 2.29. The van der Waals surface area contributed by atoms with Gasteiger partial charge in [-0.1, -0.05) is 24.3 Å². The number of benzene rings is 1. The summed E-state index contributed by atoms with van der Waals surface area (Å²) in [6, 6.07) is 9.83. The molecule has 0 spiro atoms. The van der Waals surface area contributed by atoms with Crippen molar-refractivity contribution < 1.29 is 13.2 Å². The minimum absolute atomic E-state index is 0.0706. The third-order valence-electron chi connectivity index (χ3n) is 4.37. The molecule has 0 atom stereocenters. The van der Waals surface area contributed by atoms with E-state index in [0.717, 1.165) is 16.5 Å². The molecule has 3 N–H and O–H groups in total. The van der Waals surface area contributed by atoms with Crippen molar-refractivity contribution in [1.29, 1.82) is 0 Å². The van der Waals surface area contributed by atoms with Crippen molar-refractivity contribution in [3.05, 3.63) is 42.2 Å². The van der Waals surface area contributed by atoms with Crippen molar-refractivity contribution in [2.75, 3.05) is 13.1 Å². The average molecular weight is 348 g/mol. The van der Waals surface area contributed by atoms with Crippen LogP contribution in [0.2, 0.25) is 0 Å².